The van der Waals surface area contributed by atoms with Crippen LogP contribution in [0, 0.1) is 0 Å². The molecule has 1 heterocycles. The fourth-order valence-corrected chi connectivity index (χ4v) is 2.55. The van der Waals surface area contributed by atoms with E-state index in [-0.39, 0.29) is 12.2 Å². The quantitative estimate of drug-likeness (QED) is 0.784. The molecule has 0 aliphatic carbocycles. The molecule has 5 heteroatoms. The van der Waals surface area contributed by atoms with Gasteiger partial charge >= 0.3 is 6.03 Å². The highest BCUT2D eigenvalue weighted by Crippen LogP contribution is 2.23. The van der Waals surface area contributed by atoms with Crippen molar-refractivity contribution >= 4 is 17.4 Å². The van der Waals surface area contributed by atoms with Gasteiger partial charge in [-0.3, -0.25) is 0 Å². The van der Waals surface area contributed by atoms with Crippen LogP contribution < -0.4 is 16.4 Å². The van der Waals surface area contributed by atoms with Gasteiger partial charge in [0, 0.05) is 17.4 Å². The van der Waals surface area contributed by atoms with E-state index in [1.54, 1.807) is 0 Å². The van der Waals surface area contributed by atoms with E-state index in [2.05, 4.69) is 24.5 Å². The molecule has 1 saturated heterocycles. The normalized spacial score (nSPS) is 26.7. The number of primary amides is 1. The number of rotatable bonds is 3. The maximum absolute atomic E-state index is 10.7. The minimum atomic E-state index is -0.548. The van der Waals surface area contributed by atoms with Gasteiger partial charge in [0.1, 0.15) is 0 Å². The van der Waals surface area contributed by atoms with Gasteiger partial charge in [-0.05, 0) is 51.0 Å². The Morgan fingerprint density at radius 2 is 1.68 bits per heavy atom. The van der Waals surface area contributed by atoms with Crippen LogP contribution >= 0.6 is 0 Å². The molecule has 4 N–H and O–H groups in total. The van der Waals surface area contributed by atoms with Crippen molar-refractivity contribution in [1.29, 1.82) is 0 Å². The first-order chi connectivity index (χ1) is 9.02. The molecule has 1 aromatic rings. The van der Waals surface area contributed by atoms with Crippen molar-refractivity contribution in [2.24, 2.45) is 5.73 Å². The van der Waals surface area contributed by atoms with Crippen LogP contribution in [-0.2, 0) is 4.74 Å². The van der Waals surface area contributed by atoms with E-state index in [1.165, 1.54) is 0 Å². The lowest BCUT2D eigenvalue weighted by Gasteiger charge is -2.33. The third kappa shape index (κ3) is 4.13. The highest BCUT2D eigenvalue weighted by Gasteiger charge is 2.24. The Hall–Kier alpha value is -1.75. The largest absolute Gasteiger partial charge is 0.382 e. The van der Waals surface area contributed by atoms with Gasteiger partial charge in [0.2, 0.25) is 0 Å². The zero-order chi connectivity index (χ0) is 13.8. The Kier molecular flexibility index (Phi) is 4.27. The van der Waals surface area contributed by atoms with Crippen LogP contribution in [0.5, 0.6) is 0 Å². The van der Waals surface area contributed by atoms with Crippen LogP contribution in [0.4, 0.5) is 16.2 Å². The molecule has 2 amide bonds. The Balaban J connectivity index is 1.93. The number of anilines is 2. The number of nitrogens with two attached hydrogens (primary N) is 1. The number of amides is 2. The second-order valence-electron chi connectivity index (χ2n) is 5.14. The number of hydrogen-bond acceptors (Lipinski definition) is 3. The molecule has 5 nitrogen and oxygen atoms in total. The molecule has 2 rings (SSSR count). The van der Waals surface area contributed by atoms with E-state index in [4.69, 9.17) is 10.5 Å². The molecule has 19 heavy (non-hydrogen) atoms. The van der Waals surface area contributed by atoms with E-state index in [1.807, 2.05) is 24.3 Å². The van der Waals surface area contributed by atoms with Crippen molar-refractivity contribution in [3.05, 3.63) is 24.3 Å². The maximum atomic E-state index is 10.7. The van der Waals surface area contributed by atoms with Gasteiger partial charge in [-0.1, -0.05) is 0 Å². The third-order valence-corrected chi connectivity index (χ3v) is 3.22. The molecule has 1 aliphatic rings. The molecule has 0 aromatic heterocycles. The van der Waals surface area contributed by atoms with E-state index in [0.29, 0.717) is 11.7 Å². The number of benzene rings is 1. The number of carbonyl (C=O) groups excluding carboxylic acids is 1. The van der Waals surface area contributed by atoms with Gasteiger partial charge in [-0.15, -0.1) is 0 Å². The van der Waals surface area contributed by atoms with Crippen LogP contribution in [0.2, 0.25) is 0 Å². The summed E-state index contributed by atoms with van der Waals surface area (Å²) in [6.07, 6.45) is 2.59. The fourth-order valence-electron chi connectivity index (χ4n) is 2.55. The highest BCUT2D eigenvalue weighted by molar-refractivity contribution is 5.87. The SMILES string of the molecule is CC1CC(Nc2ccc(NC(N)=O)cc2)CC(C)O1. The van der Waals surface area contributed by atoms with Gasteiger partial charge in [0.15, 0.2) is 0 Å². The monoisotopic (exact) mass is 263 g/mol. The van der Waals surface area contributed by atoms with Crippen molar-refractivity contribution < 1.29 is 9.53 Å². The van der Waals surface area contributed by atoms with Crippen LogP contribution in [0.1, 0.15) is 26.7 Å². The Labute approximate surface area is 113 Å². The maximum Gasteiger partial charge on any atom is 0.316 e. The van der Waals surface area contributed by atoms with E-state index >= 15 is 0 Å². The van der Waals surface area contributed by atoms with Gasteiger partial charge in [0.05, 0.1) is 12.2 Å². The summed E-state index contributed by atoms with van der Waals surface area (Å²) in [7, 11) is 0. The van der Waals surface area contributed by atoms with E-state index in [0.717, 1.165) is 18.5 Å². The number of carbonyl (C=O) groups is 1. The number of hydrogen-bond donors (Lipinski definition) is 3. The first-order valence-corrected chi connectivity index (χ1v) is 6.61. The molecule has 104 valence electrons. The average Bonchev–Trinajstić information content (AvgIpc) is 2.29. The molecule has 0 bridgehead atoms. The number of urea groups is 1. The molecule has 1 aromatic carbocycles. The zero-order valence-corrected chi connectivity index (χ0v) is 11.3. The summed E-state index contributed by atoms with van der Waals surface area (Å²) in [4.78, 5) is 10.7. The molecule has 0 saturated carbocycles. The predicted octanol–water partition coefficient (Wildman–Crippen LogP) is 2.55. The van der Waals surface area contributed by atoms with Gasteiger partial charge in [-0.25, -0.2) is 4.79 Å². The molecule has 0 radical (unpaired) electrons. The smallest absolute Gasteiger partial charge is 0.316 e. The lowest BCUT2D eigenvalue weighted by molar-refractivity contribution is -0.0337. The summed E-state index contributed by atoms with van der Waals surface area (Å²) < 4.78 is 5.72. The van der Waals surface area contributed by atoms with Crippen molar-refractivity contribution in [2.45, 2.75) is 44.9 Å². The van der Waals surface area contributed by atoms with Crippen molar-refractivity contribution in [1.82, 2.24) is 0 Å². The van der Waals surface area contributed by atoms with Gasteiger partial charge in [0.25, 0.3) is 0 Å². The second-order valence-corrected chi connectivity index (χ2v) is 5.14. The number of ether oxygens (including phenoxy) is 1. The molecule has 1 aliphatic heterocycles. The Bertz CT molecular complexity index is 423. The first-order valence-electron chi connectivity index (χ1n) is 6.61. The molecule has 0 spiro atoms. The summed E-state index contributed by atoms with van der Waals surface area (Å²) in [6.45, 7) is 4.20. The Morgan fingerprint density at radius 3 is 2.21 bits per heavy atom. The van der Waals surface area contributed by atoms with Crippen molar-refractivity contribution in [2.75, 3.05) is 10.6 Å². The standard InChI is InChI=1S/C14H21N3O2/c1-9-7-13(8-10(2)19-9)16-11-3-5-12(6-4-11)17-14(15)18/h3-6,9-10,13,16H,7-8H2,1-2H3,(H3,15,17,18). The lowest BCUT2D eigenvalue weighted by atomic mass is 9.99. The molecule has 2 atom stereocenters. The van der Waals surface area contributed by atoms with Gasteiger partial charge in [-0.2, -0.15) is 0 Å². The van der Waals surface area contributed by atoms with Crippen LogP contribution in [0.25, 0.3) is 0 Å². The lowest BCUT2D eigenvalue weighted by Crippen LogP contribution is -2.36. The van der Waals surface area contributed by atoms with Crippen LogP contribution in [0.15, 0.2) is 24.3 Å². The van der Waals surface area contributed by atoms with Crippen molar-refractivity contribution in [3.8, 4) is 0 Å². The third-order valence-electron chi connectivity index (χ3n) is 3.22. The predicted molar refractivity (Wildman–Crippen MR) is 76.3 cm³/mol. The van der Waals surface area contributed by atoms with E-state index in [9.17, 15) is 4.79 Å². The summed E-state index contributed by atoms with van der Waals surface area (Å²) in [5.74, 6) is 0. The summed E-state index contributed by atoms with van der Waals surface area (Å²) in [5, 5.41) is 6.04. The minimum absolute atomic E-state index is 0.289. The molecular formula is C14H21N3O2. The fraction of sp³-hybridized carbons (Fsp3) is 0.500. The topological polar surface area (TPSA) is 76.4 Å². The van der Waals surface area contributed by atoms with E-state index < -0.39 is 6.03 Å². The molecule has 1 fully saturated rings. The summed E-state index contributed by atoms with van der Waals surface area (Å²) >= 11 is 0. The summed E-state index contributed by atoms with van der Waals surface area (Å²) in [5.41, 5.74) is 6.81. The minimum Gasteiger partial charge on any atom is -0.382 e. The second kappa shape index (κ2) is 5.93. The highest BCUT2D eigenvalue weighted by atomic mass is 16.5. The molecule has 2 unspecified atom stereocenters. The number of nitrogens with one attached hydrogen (secondary N) is 2. The zero-order valence-electron chi connectivity index (χ0n) is 11.3. The first kappa shape index (κ1) is 13.7. The Morgan fingerprint density at radius 1 is 1.16 bits per heavy atom. The summed E-state index contributed by atoms with van der Waals surface area (Å²) in [6, 6.07) is 7.42. The van der Waals surface area contributed by atoms with Crippen LogP contribution in [-0.4, -0.2) is 24.3 Å². The molecular weight excluding hydrogens is 242 g/mol. The van der Waals surface area contributed by atoms with Crippen molar-refractivity contribution in [3.63, 3.8) is 0 Å². The average molecular weight is 263 g/mol. The van der Waals surface area contributed by atoms with Gasteiger partial charge < -0.3 is 21.1 Å². The van der Waals surface area contributed by atoms with Crippen LogP contribution in [0.3, 0.4) is 0 Å².